The molecule has 2 nitrogen and oxygen atoms in total. The van der Waals surface area contributed by atoms with Crippen molar-refractivity contribution in [2.45, 2.75) is 32.6 Å². The molecule has 0 spiro atoms. The number of nitrogens with two attached hydrogens (primary N) is 1. The fraction of sp³-hybridized carbons (Fsp3) is 0.571. The molecule has 0 saturated carbocycles. The van der Waals surface area contributed by atoms with Gasteiger partial charge in [0, 0.05) is 17.9 Å². The van der Waals surface area contributed by atoms with Gasteiger partial charge in [-0.1, -0.05) is 26.0 Å². The van der Waals surface area contributed by atoms with Gasteiger partial charge < -0.3 is 10.5 Å². The third-order valence-electron chi connectivity index (χ3n) is 2.68. The van der Waals surface area contributed by atoms with Gasteiger partial charge in [-0.15, -0.1) is 0 Å². The highest BCUT2D eigenvalue weighted by Gasteiger charge is 2.03. The fourth-order valence-electron chi connectivity index (χ4n) is 1.56. The van der Waals surface area contributed by atoms with Crippen LogP contribution in [0.15, 0.2) is 18.2 Å². The van der Waals surface area contributed by atoms with Crippen LogP contribution >= 0.6 is 11.8 Å². The van der Waals surface area contributed by atoms with Crippen molar-refractivity contribution in [3.05, 3.63) is 29.3 Å². The van der Waals surface area contributed by atoms with E-state index in [9.17, 15) is 0 Å². The smallest absolute Gasteiger partial charge is 0.123 e. The summed E-state index contributed by atoms with van der Waals surface area (Å²) in [5, 5.41) is 0. The van der Waals surface area contributed by atoms with Crippen LogP contribution in [0.2, 0.25) is 0 Å². The van der Waals surface area contributed by atoms with Gasteiger partial charge in [0.05, 0.1) is 7.11 Å². The second-order valence-electron chi connectivity index (χ2n) is 4.59. The van der Waals surface area contributed by atoms with Gasteiger partial charge in [0.1, 0.15) is 5.75 Å². The van der Waals surface area contributed by atoms with Gasteiger partial charge in [-0.25, -0.2) is 0 Å². The topological polar surface area (TPSA) is 35.2 Å². The highest BCUT2D eigenvalue weighted by atomic mass is 32.2. The van der Waals surface area contributed by atoms with Gasteiger partial charge in [0.15, 0.2) is 0 Å². The van der Waals surface area contributed by atoms with Crippen molar-refractivity contribution < 1.29 is 4.74 Å². The second kappa shape index (κ2) is 7.62. The molecule has 2 N–H and O–H groups in total. The maximum absolute atomic E-state index is 5.65. The Balaban J connectivity index is 2.48. The van der Waals surface area contributed by atoms with Gasteiger partial charge >= 0.3 is 0 Å². The lowest BCUT2D eigenvalue weighted by Gasteiger charge is -2.09. The summed E-state index contributed by atoms with van der Waals surface area (Å²) in [6.45, 7) is 5.06. The van der Waals surface area contributed by atoms with Crippen LogP contribution in [0, 0.1) is 5.92 Å². The average molecular weight is 253 g/mol. The minimum absolute atomic E-state index is 0.532. The first kappa shape index (κ1) is 14.4. The van der Waals surface area contributed by atoms with Crippen molar-refractivity contribution >= 4 is 11.8 Å². The predicted octanol–water partition coefficient (Wildman–Crippen LogP) is 3.43. The number of methoxy groups -OCH3 is 1. The van der Waals surface area contributed by atoms with Crippen molar-refractivity contribution in [2.24, 2.45) is 11.7 Å². The van der Waals surface area contributed by atoms with E-state index >= 15 is 0 Å². The standard InChI is InChI=1S/C14H23NOS/c1-11(2)6-7-17-10-12-4-5-13(9-15)14(8-12)16-3/h4-5,8,11H,6-7,9-10,15H2,1-3H3. The molecule has 0 aromatic heterocycles. The van der Waals surface area contributed by atoms with Gasteiger partial charge in [-0.05, 0) is 29.7 Å². The Morgan fingerprint density at radius 2 is 2.12 bits per heavy atom. The van der Waals surface area contributed by atoms with E-state index in [2.05, 4.69) is 32.0 Å². The van der Waals surface area contributed by atoms with E-state index < -0.39 is 0 Å². The predicted molar refractivity (Wildman–Crippen MR) is 76.5 cm³/mol. The number of rotatable bonds is 7. The molecular weight excluding hydrogens is 230 g/mol. The quantitative estimate of drug-likeness (QED) is 0.756. The van der Waals surface area contributed by atoms with Crippen LogP contribution in [0.1, 0.15) is 31.4 Å². The van der Waals surface area contributed by atoms with E-state index in [0.717, 1.165) is 23.0 Å². The number of thioether (sulfide) groups is 1. The molecule has 0 atom stereocenters. The molecule has 0 radical (unpaired) electrons. The molecule has 0 unspecified atom stereocenters. The van der Waals surface area contributed by atoms with E-state index in [0.29, 0.717) is 6.54 Å². The zero-order valence-corrected chi connectivity index (χ0v) is 11.8. The summed E-state index contributed by atoms with van der Waals surface area (Å²) in [6.07, 6.45) is 1.28. The molecule has 1 rings (SSSR count). The summed E-state index contributed by atoms with van der Waals surface area (Å²) in [6, 6.07) is 6.31. The first-order chi connectivity index (χ1) is 8.17. The van der Waals surface area contributed by atoms with Crippen LogP contribution in [0.25, 0.3) is 0 Å². The van der Waals surface area contributed by atoms with Crippen LogP contribution < -0.4 is 10.5 Å². The van der Waals surface area contributed by atoms with Gasteiger partial charge in [-0.3, -0.25) is 0 Å². The van der Waals surface area contributed by atoms with E-state index in [4.69, 9.17) is 10.5 Å². The molecule has 0 fully saturated rings. The Morgan fingerprint density at radius 1 is 1.35 bits per heavy atom. The molecule has 0 aliphatic rings. The Morgan fingerprint density at radius 3 is 2.71 bits per heavy atom. The lowest BCUT2D eigenvalue weighted by atomic mass is 10.1. The van der Waals surface area contributed by atoms with Crippen molar-refractivity contribution in [1.29, 1.82) is 0 Å². The van der Waals surface area contributed by atoms with E-state index in [1.165, 1.54) is 17.7 Å². The lowest BCUT2D eigenvalue weighted by molar-refractivity contribution is 0.409. The molecule has 3 heteroatoms. The molecule has 0 heterocycles. The first-order valence-corrected chi connectivity index (χ1v) is 7.26. The third-order valence-corrected chi connectivity index (χ3v) is 3.74. The Labute approximate surface area is 109 Å². The highest BCUT2D eigenvalue weighted by Crippen LogP contribution is 2.23. The Kier molecular flexibility index (Phi) is 6.45. The summed E-state index contributed by atoms with van der Waals surface area (Å²) in [5.74, 6) is 3.97. The first-order valence-electron chi connectivity index (χ1n) is 6.11. The summed E-state index contributed by atoms with van der Waals surface area (Å²) in [4.78, 5) is 0. The lowest BCUT2D eigenvalue weighted by Crippen LogP contribution is -2.00. The van der Waals surface area contributed by atoms with Crippen LogP contribution in [-0.2, 0) is 12.3 Å². The van der Waals surface area contributed by atoms with Gasteiger partial charge in [0.2, 0.25) is 0 Å². The van der Waals surface area contributed by atoms with E-state index in [1.807, 2.05) is 11.8 Å². The molecule has 1 aromatic rings. The highest BCUT2D eigenvalue weighted by molar-refractivity contribution is 7.98. The zero-order valence-electron chi connectivity index (χ0n) is 11.0. The summed E-state index contributed by atoms with van der Waals surface area (Å²) in [5.41, 5.74) is 8.03. The van der Waals surface area contributed by atoms with Crippen molar-refractivity contribution in [1.82, 2.24) is 0 Å². The number of benzene rings is 1. The summed E-state index contributed by atoms with van der Waals surface area (Å²) < 4.78 is 5.33. The Hall–Kier alpha value is -0.670. The van der Waals surface area contributed by atoms with Crippen molar-refractivity contribution in [2.75, 3.05) is 12.9 Å². The second-order valence-corrected chi connectivity index (χ2v) is 5.69. The van der Waals surface area contributed by atoms with E-state index in [1.54, 1.807) is 7.11 Å². The average Bonchev–Trinajstić information content (AvgIpc) is 2.34. The minimum atomic E-state index is 0.532. The monoisotopic (exact) mass is 253 g/mol. The molecule has 0 aliphatic carbocycles. The van der Waals surface area contributed by atoms with Gasteiger partial charge in [-0.2, -0.15) is 11.8 Å². The molecular formula is C14H23NOS. The van der Waals surface area contributed by atoms with Crippen LogP contribution in [0.5, 0.6) is 5.75 Å². The van der Waals surface area contributed by atoms with Crippen molar-refractivity contribution in [3.8, 4) is 5.75 Å². The molecule has 17 heavy (non-hydrogen) atoms. The fourth-order valence-corrected chi connectivity index (χ4v) is 2.75. The zero-order chi connectivity index (χ0) is 12.7. The SMILES string of the molecule is COc1cc(CSCCC(C)C)ccc1CN. The number of hydrogen-bond donors (Lipinski definition) is 1. The van der Waals surface area contributed by atoms with Crippen LogP contribution in [0.3, 0.4) is 0 Å². The largest absolute Gasteiger partial charge is 0.496 e. The summed E-state index contributed by atoms with van der Waals surface area (Å²) in [7, 11) is 1.70. The van der Waals surface area contributed by atoms with Crippen LogP contribution in [0.4, 0.5) is 0 Å². The number of ether oxygens (including phenoxy) is 1. The molecule has 0 bridgehead atoms. The van der Waals surface area contributed by atoms with Gasteiger partial charge in [0.25, 0.3) is 0 Å². The minimum Gasteiger partial charge on any atom is -0.496 e. The number of hydrogen-bond acceptors (Lipinski definition) is 3. The molecule has 0 aliphatic heterocycles. The molecule has 96 valence electrons. The normalized spacial score (nSPS) is 10.9. The molecule has 0 amide bonds. The van der Waals surface area contributed by atoms with Crippen LogP contribution in [-0.4, -0.2) is 12.9 Å². The van der Waals surface area contributed by atoms with E-state index in [-0.39, 0.29) is 0 Å². The molecule has 0 saturated heterocycles. The summed E-state index contributed by atoms with van der Waals surface area (Å²) >= 11 is 1.98. The third kappa shape index (κ3) is 5.00. The maximum atomic E-state index is 5.65. The van der Waals surface area contributed by atoms with Crippen molar-refractivity contribution in [3.63, 3.8) is 0 Å². The maximum Gasteiger partial charge on any atom is 0.123 e. The molecule has 1 aromatic carbocycles. The Bertz CT molecular complexity index is 339.